The zero-order valence-corrected chi connectivity index (χ0v) is 14.0. The minimum atomic E-state index is -0.774. The SMILES string of the molecule is CNc1cc(O)c(N=Nc2ccc([N+](=O)[O-])cc2[N+](=O)[O-])c2ccccc12. The molecule has 3 aromatic rings. The molecule has 136 valence electrons. The molecule has 0 aromatic heterocycles. The van der Waals surface area contributed by atoms with Crippen molar-refractivity contribution in [1.29, 1.82) is 0 Å². The molecule has 3 aromatic carbocycles. The van der Waals surface area contributed by atoms with Crippen LogP contribution in [-0.2, 0) is 0 Å². The van der Waals surface area contributed by atoms with Gasteiger partial charge in [-0.15, -0.1) is 10.2 Å². The van der Waals surface area contributed by atoms with E-state index in [4.69, 9.17) is 0 Å². The zero-order valence-electron chi connectivity index (χ0n) is 14.0. The number of azo groups is 1. The third-order valence-corrected chi connectivity index (χ3v) is 3.89. The molecule has 0 aliphatic heterocycles. The van der Waals surface area contributed by atoms with Crippen molar-refractivity contribution in [2.45, 2.75) is 0 Å². The van der Waals surface area contributed by atoms with Crippen LogP contribution in [0.2, 0.25) is 0 Å². The van der Waals surface area contributed by atoms with Crippen molar-refractivity contribution in [3.8, 4) is 5.75 Å². The summed E-state index contributed by atoms with van der Waals surface area (Å²) in [6.07, 6.45) is 0. The summed E-state index contributed by atoms with van der Waals surface area (Å²) in [4.78, 5) is 20.5. The molecule has 10 heteroatoms. The molecule has 0 saturated heterocycles. The Morgan fingerprint density at radius 1 is 0.963 bits per heavy atom. The first kappa shape index (κ1) is 17.7. The van der Waals surface area contributed by atoms with E-state index < -0.39 is 21.2 Å². The van der Waals surface area contributed by atoms with Crippen LogP contribution in [0.4, 0.5) is 28.4 Å². The Morgan fingerprint density at radius 3 is 2.30 bits per heavy atom. The predicted octanol–water partition coefficient (Wildman–Crippen LogP) is 4.82. The molecule has 0 aliphatic carbocycles. The van der Waals surface area contributed by atoms with Crippen molar-refractivity contribution in [3.63, 3.8) is 0 Å². The molecular weight excluding hydrogens is 354 g/mol. The first-order valence-corrected chi connectivity index (χ1v) is 7.69. The van der Waals surface area contributed by atoms with Crippen molar-refractivity contribution < 1.29 is 15.0 Å². The third kappa shape index (κ3) is 3.35. The van der Waals surface area contributed by atoms with Crippen molar-refractivity contribution in [2.24, 2.45) is 10.2 Å². The zero-order chi connectivity index (χ0) is 19.6. The van der Waals surface area contributed by atoms with Crippen LogP contribution in [0.3, 0.4) is 0 Å². The number of benzene rings is 3. The van der Waals surface area contributed by atoms with Gasteiger partial charge in [-0.3, -0.25) is 20.2 Å². The number of aromatic hydroxyl groups is 1. The van der Waals surface area contributed by atoms with Gasteiger partial charge in [0.05, 0.1) is 15.9 Å². The van der Waals surface area contributed by atoms with Crippen LogP contribution in [0, 0.1) is 20.2 Å². The van der Waals surface area contributed by atoms with Crippen molar-refractivity contribution >= 4 is 39.2 Å². The van der Waals surface area contributed by atoms with Crippen molar-refractivity contribution in [3.05, 3.63) is 68.8 Å². The van der Waals surface area contributed by atoms with Crippen molar-refractivity contribution in [1.82, 2.24) is 0 Å². The van der Waals surface area contributed by atoms with Gasteiger partial charge in [-0.05, 0) is 6.07 Å². The summed E-state index contributed by atoms with van der Waals surface area (Å²) in [6, 6.07) is 11.7. The second-order valence-electron chi connectivity index (χ2n) is 5.47. The predicted molar refractivity (Wildman–Crippen MR) is 99.1 cm³/mol. The molecule has 3 rings (SSSR count). The fraction of sp³-hybridized carbons (Fsp3) is 0.0588. The van der Waals surface area contributed by atoms with E-state index in [9.17, 15) is 25.3 Å². The Morgan fingerprint density at radius 2 is 1.67 bits per heavy atom. The number of phenols is 1. The minimum Gasteiger partial charge on any atom is -0.506 e. The molecule has 0 amide bonds. The number of phenolic OH excluding ortho intramolecular Hbond substituents is 1. The Kier molecular flexibility index (Phi) is 4.62. The smallest absolute Gasteiger partial charge is 0.303 e. The molecule has 0 unspecified atom stereocenters. The van der Waals surface area contributed by atoms with Crippen LogP contribution < -0.4 is 5.32 Å². The van der Waals surface area contributed by atoms with Crippen LogP contribution in [0.5, 0.6) is 5.75 Å². The van der Waals surface area contributed by atoms with E-state index in [1.165, 1.54) is 6.07 Å². The first-order chi connectivity index (χ1) is 12.9. The maximum absolute atomic E-state index is 11.2. The van der Waals surface area contributed by atoms with Crippen LogP contribution in [0.25, 0.3) is 10.8 Å². The number of non-ortho nitro benzene ring substituents is 1. The number of hydrogen-bond acceptors (Lipinski definition) is 8. The minimum absolute atomic E-state index is 0.136. The number of fused-ring (bicyclic) bond motifs is 1. The highest BCUT2D eigenvalue weighted by Gasteiger charge is 2.20. The molecule has 27 heavy (non-hydrogen) atoms. The average molecular weight is 367 g/mol. The van der Waals surface area contributed by atoms with E-state index in [0.29, 0.717) is 11.1 Å². The number of hydrogen-bond donors (Lipinski definition) is 2. The summed E-state index contributed by atoms with van der Waals surface area (Å²) in [5.74, 6) is -0.161. The van der Waals surface area contributed by atoms with Gasteiger partial charge in [0.15, 0.2) is 5.69 Å². The van der Waals surface area contributed by atoms with Crippen molar-refractivity contribution in [2.75, 3.05) is 12.4 Å². The first-order valence-electron chi connectivity index (χ1n) is 7.69. The highest BCUT2D eigenvalue weighted by molar-refractivity contribution is 6.03. The second-order valence-corrected chi connectivity index (χ2v) is 5.47. The molecule has 0 heterocycles. The number of anilines is 1. The van der Waals surface area contributed by atoms with Gasteiger partial charge >= 0.3 is 5.69 Å². The Bertz CT molecular complexity index is 1100. The highest BCUT2D eigenvalue weighted by Crippen LogP contribution is 2.41. The number of nitro benzene ring substituents is 2. The van der Waals surface area contributed by atoms with Gasteiger partial charge < -0.3 is 10.4 Å². The van der Waals surface area contributed by atoms with Gasteiger partial charge in [0.1, 0.15) is 11.4 Å². The lowest BCUT2D eigenvalue weighted by Crippen LogP contribution is -1.92. The number of nitrogens with zero attached hydrogens (tertiary/aromatic N) is 4. The fourth-order valence-corrected chi connectivity index (χ4v) is 2.62. The topological polar surface area (TPSA) is 143 Å². The van der Waals surface area contributed by atoms with E-state index in [2.05, 4.69) is 15.5 Å². The third-order valence-electron chi connectivity index (χ3n) is 3.89. The molecule has 0 spiro atoms. The molecule has 0 aliphatic rings. The van der Waals surface area contributed by atoms with Crippen LogP contribution >= 0.6 is 0 Å². The largest absolute Gasteiger partial charge is 0.506 e. The van der Waals surface area contributed by atoms with Gasteiger partial charge in [0.25, 0.3) is 5.69 Å². The quantitative estimate of drug-likeness (QED) is 0.376. The monoisotopic (exact) mass is 367 g/mol. The molecule has 0 fully saturated rings. The standard InChI is InChI=1S/C17H13N5O5/c1-18-14-9-16(23)17(12-5-3-2-4-11(12)14)20-19-13-7-6-10(21(24)25)8-15(13)22(26)27/h2-9,18,23H,1H3. The van der Waals surface area contributed by atoms with E-state index >= 15 is 0 Å². The van der Waals surface area contributed by atoms with Crippen LogP contribution in [0.15, 0.2) is 58.8 Å². The summed E-state index contributed by atoms with van der Waals surface area (Å²) in [6.45, 7) is 0. The maximum Gasteiger partial charge on any atom is 0.303 e. The Balaban J connectivity index is 2.13. The summed E-state index contributed by atoms with van der Waals surface area (Å²) in [5, 5.41) is 44.4. The fourth-order valence-electron chi connectivity index (χ4n) is 2.62. The molecule has 0 bridgehead atoms. The molecule has 0 saturated carbocycles. The molecule has 0 atom stereocenters. The lowest BCUT2D eigenvalue weighted by molar-refractivity contribution is -0.393. The summed E-state index contributed by atoms with van der Waals surface area (Å²) < 4.78 is 0. The lowest BCUT2D eigenvalue weighted by atomic mass is 10.1. The Hall–Kier alpha value is -4.08. The normalized spacial score (nSPS) is 11.0. The summed E-state index contributed by atoms with van der Waals surface area (Å²) >= 11 is 0. The summed E-state index contributed by atoms with van der Waals surface area (Å²) in [7, 11) is 1.71. The second kappa shape index (κ2) is 7.04. The molecule has 10 nitrogen and oxygen atoms in total. The Labute approximate surface area is 152 Å². The molecule has 2 N–H and O–H groups in total. The summed E-state index contributed by atoms with van der Waals surface area (Å²) in [5.41, 5.74) is -0.316. The number of nitrogens with one attached hydrogen (secondary N) is 1. The molecule has 0 radical (unpaired) electrons. The van der Waals surface area contributed by atoms with E-state index in [0.717, 1.165) is 23.6 Å². The highest BCUT2D eigenvalue weighted by atomic mass is 16.6. The van der Waals surface area contributed by atoms with Gasteiger partial charge in [-0.2, -0.15) is 0 Å². The van der Waals surface area contributed by atoms with E-state index in [-0.39, 0.29) is 17.1 Å². The van der Waals surface area contributed by atoms with Crippen LogP contribution in [0.1, 0.15) is 0 Å². The van der Waals surface area contributed by atoms with Crippen LogP contribution in [-0.4, -0.2) is 22.0 Å². The van der Waals surface area contributed by atoms with Gasteiger partial charge in [0.2, 0.25) is 0 Å². The van der Waals surface area contributed by atoms with E-state index in [1.807, 2.05) is 12.1 Å². The maximum atomic E-state index is 11.2. The average Bonchev–Trinajstić information content (AvgIpc) is 2.66. The van der Waals surface area contributed by atoms with Gasteiger partial charge in [-0.1, -0.05) is 24.3 Å². The number of rotatable bonds is 5. The van der Waals surface area contributed by atoms with E-state index in [1.54, 1.807) is 19.2 Å². The van der Waals surface area contributed by atoms with Gasteiger partial charge in [0, 0.05) is 35.6 Å². The lowest BCUT2D eigenvalue weighted by Gasteiger charge is -2.09. The molecular formula is C17H13N5O5. The van der Waals surface area contributed by atoms with Gasteiger partial charge in [-0.25, -0.2) is 0 Å². The number of nitro groups is 2.